The Morgan fingerprint density at radius 1 is 0.857 bits per heavy atom. The third-order valence-corrected chi connectivity index (χ3v) is 2.99. The van der Waals surface area contributed by atoms with Gasteiger partial charge in [-0.15, -0.1) is 23.2 Å². The van der Waals surface area contributed by atoms with Gasteiger partial charge < -0.3 is 0 Å². The van der Waals surface area contributed by atoms with E-state index in [2.05, 4.69) is 12.2 Å². The number of hydrogen-bond acceptors (Lipinski definition) is 0. The fourth-order valence-electron chi connectivity index (χ4n) is 1.88. The van der Waals surface area contributed by atoms with Crippen molar-refractivity contribution in [2.75, 3.05) is 11.8 Å². The van der Waals surface area contributed by atoms with Crippen LogP contribution in [0.4, 0.5) is 0 Å². The number of allylic oxidation sites excluding steroid dienone is 4. The molecule has 1 saturated carbocycles. The summed E-state index contributed by atoms with van der Waals surface area (Å²) in [5.74, 6) is 1.46. The van der Waals surface area contributed by atoms with E-state index in [-0.39, 0.29) is 0 Å². The fourth-order valence-corrected chi connectivity index (χ4v) is 2.09. The summed E-state index contributed by atoms with van der Waals surface area (Å²) in [5.41, 5.74) is 3.03. The SMILES string of the molecule is ClCCC=C1CCCCC1=CCCCl. The zero-order valence-corrected chi connectivity index (χ0v) is 10.1. The quantitative estimate of drug-likeness (QED) is 0.619. The second-order valence-corrected chi connectivity index (χ2v) is 4.38. The van der Waals surface area contributed by atoms with Gasteiger partial charge in [-0.05, 0) is 49.7 Å². The summed E-state index contributed by atoms with van der Waals surface area (Å²) in [6, 6.07) is 0. The van der Waals surface area contributed by atoms with E-state index in [0.717, 1.165) is 24.6 Å². The first-order valence-corrected chi connectivity index (χ1v) is 6.45. The normalized spacial score (nSPS) is 23.3. The molecule has 1 aliphatic carbocycles. The Kier molecular flexibility index (Phi) is 6.38. The van der Waals surface area contributed by atoms with Gasteiger partial charge in [-0.1, -0.05) is 12.2 Å². The van der Waals surface area contributed by atoms with E-state index in [1.54, 1.807) is 0 Å². The van der Waals surface area contributed by atoms with Crippen LogP contribution >= 0.6 is 23.2 Å². The first-order chi connectivity index (χ1) is 6.88. The van der Waals surface area contributed by atoms with Crippen LogP contribution in [0.2, 0.25) is 0 Å². The van der Waals surface area contributed by atoms with Crippen molar-refractivity contribution in [2.24, 2.45) is 0 Å². The molecule has 80 valence electrons. The minimum Gasteiger partial charge on any atom is -0.126 e. The van der Waals surface area contributed by atoms with Gasteiger partial charge in [0, 0.05) is 11.8 Å². The Morgan fingerprint density at radius 2 is 1.29 bits per heavy atom. The molecule has 0 saturated heterocycles. The summed E-state index contributed by atoms with van der Waals surface area (Å²) >= 11 is 11.4. The predicted octanol–water partition coefficient (Wildman–Crippen LogP) is 4.67. The van der Waals surface area contributed by atoms with Crippen LogP contribution in [0.5, 0.6) is 0 Å². The number of rotatable bonds is 4. The molecule has 0 aromatic heterocycles. The van der Waals surface area contributed by atoms with E-state index in [9.17, 15) is 0 Å². The van der Waals surface area contributed by atoms with Crippen molar-refractivity contribution in [3.63, 3.8) is 0 Å². The Morgan fingerprint density at radius 3 is 1.64 bits per heavy atom. The highest BCUT2D eigenvalue weighted by molar-refractivity contribution is 6.18. The van der Waals surface area contributed by atoms with Gasteiger partial charge in [0.2, 0.25) is 0 Å². The lowest BCUT2D eigenvalue weighted by atomic mass is 9.88. The topological polar surface area (TPSA) is 0 Å². The summed E-state index contributed by atoms with van der Waals surface area (Å²) < 4.78 is 0. The Balaban J connectivity index is 2.58. The Hall–Kier alpha value is 0.0600. The average Bonchev–Trinajstić information content (AvgIpc) is 2.24. The molecule has 0 spiro atoms. The van der Waals surface area contributed by atoms with Gasteiger partial charge >= 0.3 is 0 Å². The van der Waals surface area contributed by atoms with Crippen molar-refractivity contribution in [2.45, 2.75) is 38.5 Å². The maximum Gasteiger partial charge on any atom is 0.0258 e. The zero-order valence-electron chi connectivity index (χ0n) is 8.57. The van der Waals surface area contributed by atoms with E-state index in [4.69, 9.17) is 23.2 Å². The second-order valence-electron chi connectivity index (χ2n) is 3.62. The van der Waals surface area contributed by atoms with Crippen LogP contribution < -0.4 is 0 Å². The molecule has 0 heterocycles. The summed E-state index contributed by atoms with van der Waals surface area (Å²) in [5, 5.41) is 0. The molecule has 2 heteroatoms. The molecule has 0 amide bonds. The molecule has 0 nitrogen and oxygen atoms in total. The molecule has 1 rings (SSSR count). The van der Waals surface area contributed by atoms with Gasteiger partial charge in [-0.3, -0.25) is 0 Å². The van der Waals surface area contributed by atoms with Gasteiger partial charge in [0.05, 0.1) is 0 Å². The van der Waals surface area contributed by atoms with Crippen LogP contribution in [-0.4, -0.2) is 11.8 Å². The molecule has 0 N–H and O–H groups in total. The molecule has 0 radical (unpaired) electrons. The zero-order chi connectivity index (χ0) is 10.2. The molecule has 0 unspecified atom stereocenters. The van der Waals surface area contributed by atoms with Crippen molar-refractivity contribution < 1.29 is 0 Å². The minimum atomic E-state index is 0.728. The average molecular weight is 233 g/mol. The molecular formula is C12H18Cl2. The number of alkyl halides is 2. The second kappa shape index (κ2) is 7.36. The highest BCUT2D eigenvalue weighted by Crippen LogP contribution is 2.29. The highest BCUT2D eigenvalue weighted by atomic mass is 35.5. The molecule has 0 aromatic rings. The molecule has 14 heavy (non-hydrogen) atoms. The fraction of sp³-hybridized carbons (Fsp3) is 0.667. The van der Waals surface area contributed by atoms with Gasteiger partial charge in [0.1, 0.15) is 0 Å². The lowest BCUT2D eigenvalue weighted by molar-refractivity contribution is 0.674. The first kappa shape index (κ1) is 12.1. The summed E-state index contributed by atoms with van der Waals surface area (Å²) in [7, 11) is 0. The Bertz CT molecular complexity index is 192. The van der Waals surface area contributed by atoms with Crippen LogP contribution in [-0.2, 0) is 0 Å². The van der Waals surface area contributed by atoms with Crippen molar-refractivity contribution in [3.8, 4) is 0 Å². The molecular weight excluding hydrogens is 215 g/mol. The van der Waals surface area contributed by atoms with Crippen LogP contribution in [0.1, 0.15) is 38.5 Å². The van der Waals surface area contributed by atoms with Gasteiger partial charge in [0.25, 0.3) is 0 Å². The molecule has 1 fully saturated rings. The number of halogens is 2. The molecule has 0 aromatic carbocycles. The lowest BCUT2D eigenvalue weighted by Crippen LogP contribution is -1.99. The largest absolute Gasteiger partial charge is 0.126 e. The summed E-state index contributed by atoms with van der Waals surface area (Å²) in [6.45, 7) is 0. The lowest BCUT2D eigenvalue weighted by Gasteiger charge is -2.18. The van der Waals surface area contributed by atoms with Gasteiger partial charge in [-0.2, -0.15) is 0 Å². The third kappa shape index (κ3) is 4.06. The number of hydrogen-bond donors (Lipinski definition) is 0. The van der Waals surface area contributed by atoms with E-state index < -0.39 is 0 Å². The maximum absolute atomic E-state index is 5.69. The monoisotopic (exact) mass is 232 g/mol. The summed E-state index contributed by atoms with van der Waals surface area (Å²) in [6.07, 6.45) is 11.7. The van der Waals surface area contributed by atoms with Crippen molar-refractivity contribution in [1.29, 1.82) is 0 Å². The van der Waals surface area contributed by atoms with E-state index in [1.807, 2.05) is 0 Å². The minimum absolute atomic E-state index is 0.728. The molecule has 0 bridgehead atoms. The van der Waals surface area contributed by atoms with Crippen molar-refractivity contribution in [1.82, 2.24) is 0 Å². The van der Waals surface area contributed by atoms with Crippen LogP contribution in [0.25, 0.3) is 0 Å². The van der Waals surface area contributed by atoms with Gasteiger partial charge in [0.15, 0.2) is 0 Å². The summed E-state index contributed by atoms with van der Waals surface area (Å²) in [4.78, 5) is 0. The first-order valence-electron chi connectivity index (χ1n) is 5.39. The van der Waals surface area contributed by atoms with Crippen LogP contribution in [0.15, 0.2) is 23.3 Å². The standard InChI is InChI=1S/C12H18Cl2/c13-9-3-7-11-5-1-2-6-12(11)8-4-10-14/h7-8H,1-6,9-10H2. The maximum atomic E-state index is 5.69. The van der Waals surface area contributed by atoms with Crippen molar-refractivity contribution in [3.05, 3.63) is 23.3 Å². The van der Waals surface area contributed by atoms with E-state index >= 15 is 0 Å². The molecule has 0 atom stereocenters. The third-order valence-electron chi connectivity index (χ3n) is 2.55. The van der Waals surface area contributed by atoms with Crippen molar-refractivity contribution >= 4 is 23.2 Å². The highest BCUT2D eigenvalue weighted by Gasteiger charge is 2.10. The Labute approximate surface area is 97.0 Å². The van der Waals surface area contributed by atoms with E-state index in [1.165, 1.54) is 36.8 Å². The molecule has 0 aliphatic heterocycles. The van der Waals surface area contributed by atoms with E-state index in [0.29, 0.717) is 0 Å². The van der Waals surface area contributed by atoms with Crippen LogP contribution in [0, 0.1) is 0 Å². The smallest absolute Gasteiger partial charge is 0.0258 e. The van der Waals surface area contributed by atoms with Crippen LogP contribution in [0.3, 0.4) is 0 Å². The van der Waals surface area contributed by atoms with Gasteiger partial charge in [-0.25, -0.2) is 0 Å². The predicted molar refractivity (Wildman–Crippen MR) is 65.3 cm³/mol. The molecule has 1 aliphatic rings.